The second-order valence-electron chi connectivity index (χ2n) is 5.67. The number of aromatic hydroxyl groups is 1. The van der Waals surface area contributed by atoms with Gasteiger partial charge in [-0.1, -0.05) is 47.7 Å². The van der Waals surface area contributed by atoms with E-state index in [2.05, 4.69) is 9.82 Å². The Kier molecular flexibility index (Phi) is 4.42. The second kappa shape index (κ2) is 6.76. The maximum atomic E-state index is 12.5. The van der Waals surface area contributed by atoms with Crippen LogP contribution in [0.15, 0.2) is 64.5 Å². The third-order valence-corrected chi connectivity index (χ3v) is 6.55. The molecule has 4 rings (SSSR count). The van der Waals surface area contributed by atoms with Gasteiger partial charge >= 0.3 is 0 Å². The minimum absolute atomic E-state index is 0.0780. The van der Waals surface area contributed by atoms with E-state index < -0.39 is 10.0 Å². The van der Waals surface area contributed by atoms with E-state index in [4.69, 9.17) is 12.2 Å². The van der Waals surface area contributed by atoms with E-state index in [1.54, 1.807) is 30.5 Å². The van der Waals surface area contributed by atoms with Gasteiger partial charge in [-0.25, -0.2) is 4.83 Å². The van der Waals surface area contributed by atoms with Crippen molar-refractivity contribution in [2.45, 2.75) is 4.90 Å². The lowest BCUT2D eigenvalue weighted by Crippen LogP contribution is -2.22. The third kappa shape index (κ3) is 3.32. The fourth-order valence-corrected chi connectivity index (χ4v) is 4.96. The number of nitrogens with zero attached hydrogens (tertiary/aromatic N) is 2. The van der Waals surface area contributed by atoms with Gasteiger partial charge in [0.2, 0.25) is 5.88 Å². The van der Waals surface area contributed by atoms with Crippen LogP contribution in [-0.4, -0.2) is 24.4 Å². The molecule has 0 spiro atoms. The molecule has 2 heterocycles. The van der Waals surface area contributed by atoms with E-state index in [1.807, 2.05) is 24.3 Å². The van der Waals surface area contributed by atoms with Crippen molar-refractivity contribution in [2.24, 2.45) is 4.99 Å². The Balaban J connectivity index is 1.71. The van der Waals surface area contributed by atoms with Crippen LogP contribution in [0.4, 0.5) is 5.69 Å². The molecule has 0 fully saturated rings. The van der Waals surface area contributed by atoms with Crippen molar-refractivity contribution in [1.29, 1.82) is 0 Å². The topological polar surface area (TPSA) is 83.7 Å². The first-order valence-electron chi connectivity index (χ1n) is 7.83. The van der Waals surface area contributed by atoms with Gasteiger partial charge in [0, 0.05) is 17.4 Å². The molecule has 0 atom stereocenters. The Labute approximate surface area is 164 Å². The van der Waals surface area contributed by atoms with Crippen LogP contribution >= 0.6 is 23.6 Å². The highest BCUT2D eigenvalue weighted by Crippen LogP contribution is 2.35. The normalized spacial score (nSPS) is 14.4. The number of aliphatic imine (C=N–C) groups is 1. The minimum Gasteiger partial charge on any atom is -0.492 e. The lowest BCUT2D eigenvalue weighted by molar-refractivity contribution is 0.434. The van der Waals surface area contributed by atoms with Crippen LogP contribution in [0.5, 0.6) is 5.88 Å². The van der Waals surface area contributed by atoms with E-state index in [-0.39, 0.29) is 14.7 Å². The van der Waals surface area contributed by atoms with Crippen LogP contribution in [0, 0.1) is 3.95 Å². The minimum atomic E-state index is -3.87. The average Bonchev–Trinajstić information content (AvgIpc) is 3.19. The van der Waals surface area contributed by atoms with Crippen LogP contribution in [0.3, 0.4) is 0 Å². The number of hydrogen-bond acceptors (Lipinski definition) is 6. The number of fused-ring (bicyclic) bond motifs is 1. The molecule has 0 radical (unpaired) electrons. The van der Waals surface area contributed by atoms with Crippen LogP contribution in [0.25, 0.3) is 11.6 Å². The van der Waals surface area contributed by atoms with Crippen molar-refractivity contribution in [3.8, 4) is 5.88 Å². The number of para-hydroxylation sites is 1. The van der Waals surface area contributed by atoms with Gasteiger partial charge in [0.15, 0.2) is 3.95 Å². The summed E-state index contributed by atoms with van der Waals surface area (Å²) in [6.45, 7) is 0. The summed E-state index contributed by atoms with van der Waals surface area (Å²) in [4.78, 5) is 7.15. The van der Waals surface area contributed by atoms with Gasteiger partial charge in [0.25, 0.3) is 10.0 Å². The third-order valence-electron chi connectivity index (χ3n) is 3.92. The molecule has 136 valence electrons. The number of rotatable bonds is 4. The Hall–Kier alpha value is -2.75. The fraction of sp³-hybridized carbons (Fsp3) is 0. The lowest BCUT2D eigenvalue weighted by atomic mass is 10.1. The van der Waals surface area contributed by atoms with Gasteiger partial charge in [0.05, 0.1) is 15.5 Å². The van der Waals surface area contributed by atoms with Crippen LogP contribution in [0.1, 0.15) is 10.4 Å². The zero-order chi connectivity index (χ0) is 19.0. The van der Waals surface area contributed by atoms with Crippen LogP contribution in [0.2, 0.25) is 0 Å². The molecule has 2 aromatic carbocycles. The first-order chi connectivity index (χ1) is 13.0. The monoisotopic (exact) mass is 415 g/mol. The summed E-state index contributed by atoms with van der Waals surface area (Å²) < 4.78 is 26.2. The molecule has 6 nitrogen and oxygen atoms in total. The molecule has 1 aromatic heterocycles. The molecular formula is C18H13N3O3S3. The molecular weight excluding hydrogens is 402 g/mol. The first kappa shape index (κ1) is 17.7. The number of hydrogen-bond donors (Lipinski definition) is 2. The highest BCUT2D eigenvalue weighted by atomic mass is 32.2. The number of allylic oxidation sites excluding steroid dienone is 1. The summed E-state index contributed by atoms with van der Waals surface area (Å²) in [7, 11) is -3.87. The molecule has 0 saturated carbocycles. The van der Waals surface area contributed by atoms with Gasteiger partial charge in [-0.2, -0.15) is 13.1 Å². The molecule has 0 saturated heterocycles. The summed E-state index contributed by atoms with van der Waals surface area (Å²) in [5.41, 5.74) is 2.60. The van der Waals surface area contributed by atoms with Crippen molar-refractivity contribution in [3.05, 3.63) is 69.0 Å². The number of aromatic nitrogens is 1. The summed E-state index contributed by atoms with van der Waals surface area (Å²) >= 11 is 6.33. The van der Waals surface area contributed by atoms with E-state index in [1.165, 1.54) is 12.1 Å². The van der Waals surface area contributed by atoms with E-state index in [0.29, 0.717) is 4.88 Å². The maximum absolute atomic E-state index is 12.5. The van der Waals surface area contributed by atoms with Crippen LogP contribution < -0.4 is 4.83 Å². The molecule has 0 amide bonds. The summed E-state index contributed by atoms with van der Waals surface area (Å²) in [5.74, 6) is -0.269. The SMILES string of the molecule is O=S(=O)(Nn1c(O)c(/C=C2\C=Nc3ccccc32)sc1=S)c1ccccc1. The van der Waals surface area contributed by atoms with E-state index in [9.17, 15) is 13.5 Å². The number of nitrogens with one attached hydrogen (secondary N) is 1. The smallest absolute Gasteiger partial charge is 0.275 e. The number of sulfonamides is 1. The fourth-order valence-electron chi connectivity index (χ4n) is 2.62. The van der Waals surface area contributed by atoms with Gasteiger partial charge in [-0.05, 0) is 36.5 Å². The molecule has 27 heavy (non-hydrogen) atoms. The second-order valence-corrected chi connectivity index (χ2v) is 9.01. The predicted octanol–water partition coefficient (Wildman–Crippen LogP) is 4.17. The highest BCUT2D eigenvalue weighted by molar-refractivity contribution is 7.92. The Morgan fingerprint density at radius 3 is 2.59 bits per heavy atom. The molecule has 3 aromatic rings. The van der Waals surface area contributed by atoms with Crippen LogP contribution in [-0.2, 0) is 10.0 Å². The molecule has 0 bridgehead atoms. The molecule has 9 heteroatoms. The number of thiazole rings is 1. The summed E-state index contributed by atoms with van der Waals surface area (Å²) in [5, 5.41) is 10.5. The molecule has 1 aliphatic rings. The van der Waals surface area contributed by atoms with Gasteiger partial charge < -0.3 is 5.11 Å². The average molecular weight is 416 g/mol. The zero-order valence-corrected chi connectivity index (χ0v) is 16.2. The van der Waals surface area contributed by atoms with Crippen molar-refractivity contribution in [2.75, 3.05) is 4.83 Å². The molecule has 1 aliphatic heterocycles. The quantitative estimate of drug-likeness (QED) is 0.627. The Morgan fingerprint density at radius 2 is 1.81 bits per heavy atom. The van der Waals surface area contributed by atoms with E-state index in [0.717, 1.165) is 32.8 Å². The first-order valence-corrected chi connectivity index (χ1v) is 10.5. The molecule has 0 aliphatic carbocycles. The van der Waals surface area contributed by atoms with Crippen molar-refractivity contribution < 1.29 is 13.5 Å². The largest absolute Gasteiger partial charge is 0.492 e. The zero-order valence-electron chi connectivity index (χ0n) is 13.7. The van der Waals surface area contributed by atoms with E-state index >= 15 is 0 Å². The van der Waals surface area contributed by atoms with Gasteiger partial charge in [0.1, 0.15) is 0 Å². The Bertz CT molecular complexity index is 1240. The summed E-state index contributed by atoms with van der Waals surface area (Å²) in [6.07, 6.45) is 3.43. The van der Waals surface area contributed by atoms with Gasteiger partial charge in [-0.15, -0.1) is 0 Å². The van der Waals surface area contributed by atoms with Crippen molar-refractivity contribution in [3.63, 3.8) is 0 Å². The summed E-state index contributed by atoms with van der Waals surface area (Å²) in [6, 6.07) is 15.5. The molecule has 0 unspecified atom stereocenters. The maximum Gasteiger partial charge on any atom is 0.275 e. The molecule has 2 N–H and O–H groups in total. The standard InChI is InChI=1S/C18H13N3O3S3/c22-17-16(10-12-11-19-15-9-5-4-8-14(12)15)26-18(25)21(17)20-27(23,24)13-6-2-1-3-7-13/h1-11,20,22H/b12-10+. The predicted molar refractivity (Wildman–Crippen MR) is 110 cm³/mol. The highest BCUT2D eigenvalue weighted by Gasteiger charge is 2.19. The van der Waals surface area contributed by atoms with Crippen molar-refractivity contribution in [1.82, 2.24) is 4.68 Å². The lowest BCUT2D eigenvalue weighted by Gasteiger charge is -2.09. The Morgan fingerprint density at radius 1 is 1.11 bits per heavy atom. The number of benzene rings is 2. The van der Waals surface area contributed by atoms with Gasteiger partial charge in [-0.3, -0.25) is 4.99 Å². The van der Waals surface area contributed by atoms with Crippen molar-refractivity contribution >= 4 is 57.1 Å².